The number of aryl methyl sites for hydroxylation is 2. The quantitative estimate of drug-likeness (QED) is 0.194. The molecule has 0 aliphatic carbocycles. The monoisotopic (exact) mass is 532 g/mol. The Morgan fingerprint density at radius 3 is 1.06 bits per heavy atom. The molecular weight excluding hydrogens is 513 g/mol. The Labute approximate surface area is 224 Å². The molecule has 4 heteroatoms. The molecule has 0 spiro atoms. The van der Waals surface area contributed by atoms with Crippen LogP contribution < -0.4 is 0 Å². The second-order valence-electron chi connectivity index (χ2n) is 9.41. The van der Waals surface area contributed by atoms with Gasteiger partial charge in [-0.25, -0.2) is 0 Å². The van der Waals surface area contributed by atoms with Crippen LogP contribution >= 0.6 is 45.3 Å². The average molecular weight is 533 g/mol. The van der Waals surface area contributed by atoms with Gasteiger partial charge in [-0.1, -0.05) is 36.4 Å². The van der Waals surface area contributed by atoms with Gasteiger partial charge in [0.1, 0.15) is 0 Å². The van der Waals surface area contributed by atoms with Gasteiger partial charge in [0.05, 0.1) is 0 Å². The molecule has 0 nitrogen and oxygen atoms in total. The Morgan fingerprint density at radius 2 is 0.694 bits per heavy atom. The predicted molar refractivity (Wildman–Crippen MR) is 166 cm³/mol. The first-order valence-electron chi connectivity index (χ1n) is 12.0. The van der Waals surface area contributed by atoms with E-state index in [0.29, 0.717) is 0 Å². The van der Waals surface area contributed by atoms with Crippen molar-refractivity contribution in [3.05, 3.63) is 94.7 Å². The van der Waals surface area contributed by atoms with Gasteiger partial charge >= 0.3 is 0 Å². The van der Waals surface area contributed by atoms with E-state index in [1.807, 2.05) is 45.3 Å². The molecule has 0 saturated carbocycles. The lowest BCUT2D eigenvalue weighted by Gasteiger charge is -2.09. The highest BCUT2D eigenvalue weighted by atomic mass is 32.1. The lowest BCUT2D eigenvalue weighted by atomic mass is 9.95. The Bertz CT molecular complexity index is 1970. The topological polar surface area (TPSA) is 0 Å². The normalized spacial score (nSPS) is 12.2. The van der Waals surface area contributed by atoms with Crippen molar-refractivity contribution in [1.82, 2.24) is 0 Å². The molecule has 0 radical (unpaired) electrons. The highest BCUT2D eigenvalue weighted by Gasteiger charge is 2.14. The van der Waals surface area contributed by atoms with Gasteiger partial charge < -0.3 is 0 Å². The zero-order valence-corrected chi connectivity index (χ0v) is 23.0. The van der Waals surface area contributed by atoms with Crippen molar-refractivity contribution in [3.63, 3.8) is 0 Å². The van der Waals surface area contributed by atoms with Crippen LogP contribution in [0.1, 0.15) is 9.75 Å². The standard InChI is InChI=1S/C32H20S4/c1-17-3-11-29(33-17)31-15-25-23-7-5-20-19(21(23)9-13-27(25)35-31)6-8-24-22(20)10-14-28-26(24)16-32(36-28)30-12-4-18(2)34-30/h3-16H,1-2H3. The highest BCUT2D eigenvalue weighted by molar-refractivity contribution is 7.26. The zero-order valence-electron chi connectivity index (χ0n) is 19.7. The molecule has 0 saturated heterocycles. The molecule has 0 aliphatic heterocycles. The maximum atomic E-state index is 2.39. The molecule has 8 aromatic rings. The average Bonchev–Trinajstić information content (AvgIpc) is 3.68. The summed E-state index contributed by atoms with van der Waals surface area (Å²) in [6.07, 6.45) is 0. The highest BCUT2D eigenvalue weighted by Crippen LogP contribution is 2.44. The summed E-state index contributed by atoms with van der Waals surface area (Å²) in [4.78, 5) is 8.19. The zero-order chi connectivity index (χ0) is 24.0. The predicted octanol–water partition coefficient (Wildman–Crippen LogP) is 11.6. The van der Waals surface area contributed by atoms with Gasteiger partial charge in [-0.3, -0.25) is 0 Å². The fraction of sp³-hybridized carbons (Fsp3) is 0.0625. The van der Waals surface area contributed by atoms with Gasteiger partial charge in [0.2, 0.25) is 0 Å². The number of hydrogen-bond donors (Lipinski definition) is 0. The van der Waals surface area contributed by atoms with E-state index in [-0.39, 0.29) is 0 Å². The molecule has 0 fully saturated rings. The molecule has 4 heterocycles. The third-order valence-electron chi connectivity index (χ3n) is 7.16. The summed E-state index contributed by atoms with van der Waals surface area (Å²) in [6, 6.07) is 32.4. The minimum absolute atomic E-state index is 1.34. The Balaban J connectivity index is 1.35. The summed E-state index contributed by atoms with van der Waals surface area (Å²) in [5, 5.41) is 10.8. The molecule has 172 valence electrons. The van der Waals surface area contributed by atoms with E-state index < -0.39 is 0 Å². The minimum Gasteiger partial charge on any atom is -0.140 e. The molecule has 0 atom stereocenters. The van der Waals surface area contributed by atoms with Crippen LogP contribution in [-0.2, 0) is 0 Å². The molecule has 0 aliphatic rings. The van der Waals surface area contributed by atoms with Crippen LogP contribution in [0, 0.1) is 13.8 Å². The summed E-state index contributed by atoms with van der Waals surface area (Å²) in [7, 11) is 0. The molecule has 4 aromatic heterocycles. The van der Waals surface area contributed by atoms with E-state index >= 15 is 0 Å². The van der Waals surface area contributed by atoms with Gasteiger partial charge in [0.15, 0.2) is 0 Å². The second-order valence-corrected chi connectivity index (χ2v) is 14.2. The van der Waals surface area contributed by atoms with E-state index in [1.165, 1.54) is 81.8 Å². The summed E-state index contributed by atoms with van der Waals surface area (Å²) in [6.45, 7) is 4.36. The third-order valence-corrected chi connectivity index (χ3v) is 11.7. The first-order valence-corrected chi connectivity index (χ1v) is 15.3. The summed E-state index contributed by atoms with van der Waals surface area (Å²) in [5.41, 5.74) is 0. The molecule has 8 rings (SSSR count). The van der Waals surface area contributed by atoms with E-state index in [9.17, 15) is 0 Å². The Morgan fingerprint density at radius 1 is 0.333 bits per heavy atom. The van der Waals surface area contributed by atoms with Crippen molar-refractivity contribution in [1.29, 1.82) is 0 Å². The van der Waals surface area contributed by atoms with E-state index in [1.54, 1.807) is 0 Å². The third kappa shape index (κ3) is 3.09. The number of hydrogen-bond acceptors (Lipinski definition) is 4. The molecule has 4 aromatic carbocycles. The van der Waals surface area contributed by atoms with Gasteiger partial charge in [-0.15, -0.1) is 45.3 Å². The van der Waals surface area contributed by atoms with Gasteiger partial charge in [-0.05, 0) is 94.7 Å². The fourth-order valence-electron chi connectivity index (χ4n) is 5.45. The first kappa shape index (κ1) is 21.1. The molecule has 0 amide bonds. The number of thiophene rings is 4. The van der Waals surface area contributed by atoms with Gasteiger partial charge in [0, 0.05) is 49.4 Å². The number of fused-ring (bicyclic) bond motifs is 9. The van der Waals surface area contributed by atoms with Crippen molar-refractivity contribution in [3.8, 4) is 19.5 Å². The van der Waals surface area contributed by atoms with E-state index in [0.717, 1.165) is 0 Å². The largest absolute Gasteiger partial charge is 0.140 e. The van der Waals surface area contributed by atoms with Crippen LogP contribution in [0.25, 0.3) is 72.0 Å². The molecule has 0 bridgehead atoms. The van der Waals surface area contributed by atoms with Crippen LogP contribution in [0.3, 0.4) is 0 Å². The van der Waals surface area contributed by atoms with E-state index in [4.69, 9.17) is 0 Å². The van der Waals surface area contributed by atoms with Crippen LogP contribution in [0.2, 0.25) is 0 Å². The van der Waals surface area contributed by atoms with Crippen molar-refractivity contribution >= 4 is 97.8 Å². The molecular formula is C32H20S4. The summed E-state index contributed by atoms with van der Waals surface area (Å²) >= 11 is 7.56. The molecule has 36 heavy (non-hydrogen) atoms. The SMILES string of the molecule is Cc1ccc(-c2cc3c(ccc4c3ccc3c5ccc6sc(-c7ccc(C)s7)cc6c5ccc43)s2)s1. The molecule has 0 unspecified atom stereocenters. The van der Waals surface area contributed by atoms with Crippen molar-refractivity contribution in [2.24, 2.45) is 0 Å². The van der Waals surface area contributed by atoms with Gasteiger partial charge in [0.25, 0.3) is 0 Å². The number of rotatable bonds is 2. The maximum Gasteiger partial charge on any atom is 0.0455 e. The first-order chi connectivity index (χ1) is 17.6. The van der Waals surface area contributed by atoms with Crippen LogP contribution in [0.15, 0.2) is 84.9 Å². The lowest BCUT2D eigenvalue weighted by Crippen LogP contribution is -1.81. The van der Waals surface area contributed by atoms with E-state index in [2.05, 4.69) is 98.8 Å². The van der Waals surface area contributed by atoms with Crippen LogP contribution in [0.4, 0.5) is 0 Å². The number of benzene rings is 4. The fourth-order valence-corrected chi connectivity index (χ4v) is 9.51. The minimum atomic E-state index is 1.34. The Kier molecular flexibility index (Phi) is 4.54. The van der Waals surface area contributed by atoms with Crippen LogP contribution in [-0.4, -0.2) is 0 Å². The molecule has 0 N–H and O–H groups in total. The van der Waals surface area contributed by atoms with Crippen molar-refractivity contribution < 1.29 is 0 Å². The summed E-state index contributed by atoms with van der Waals surface area (Å²) in [5.74, 6) is 0. The van der Waals surface area contributed by atoms with Crippen molar-refractivity contribution in [2.45, 2.75) is 13.8 Å². The summed E-state index contributed by atoms with van der Waals surface area (Å²) < 4.78 is 2.72. The second kappa shape index (κ2) is 7.74. The Hall–Kier alpha value is -3.02. The van der Waals surface area contributed by atoms with Crippen molar-refractivity contribution in [2.75, 3.05) is 0 Å². The lowest BCUT2D eigenvalue weighted by molar-refractivity contribution is 1.64. The van der Waals surface area contributed by atoms with Crippen LogP contribution in [0.5, 0.6) is 0 Å². The maximum absolute atomic E-state index is 2.39. The van der Waals surface area contributed by atoms with Gasteiger partial charge in [-0.2, -0.15) is 0 Å². The smallest absolute Gasteiger partial charge is 0.0455 e.